The summed E-state index contributed by atoms with van der Waals surface area (Å²) in [6.45, 7) is 8.38. The molecular weight excluding hydrogens is 188 g/mol. The number of ether oxygens (including phenoxy) is 1. The fraction of sp³-hybridized carbons (Fsp3) is 0.667. The van der Waals surface area contributed by atoms with E-state index in [1.165, 1.54) is 0 Å². The van der Waals surface area contributed by atoms with Gasteiger partial charge in [-0.05, 0) is 13.8 Å². The van der Waals surface area contributed by atoms with Gasteiger partial charge >= 0.3 is 5.97 Å². The molecule has 0 bridgehead atoms. The van der Waals surface area contributed by atoms with Gasteiger partial charge in [0.2, 0.25) is 0 Å². The Hall–Kier alpha value is -0.910. The number of aliphatic hydroxyl groups is 2. The van der Waals surface area contributed by atoms with E-state index in [4.69, 9.17) is 20.1 Å². The summed E-state index contributed by atoms with van der Waals surface area (Å²) in [7, 11) is 0. The van der Waals surface area contributed by atoms with Crippen molar-refractivity contribution in [3.63, 3.8) is 0 Å². The van der Waals surface area contributed by atoms with Crippen LogP contribution in [0.4, 0.5) is 0 Å². The van der Waals surface area contributed by atoms with Crippen molar-refractivity contribution in [2.75, 3.05) is 26.4 Å². The van der Waals surface area contributed by atoms with Crippen molar-refractivity contribution in [1.29, 1.82) is 0 Å². The zero-order valence-electron chi connectivity index (χ0n) is 8.77. The summed E-state index contributed by atoms with van der Waals surface area (Å²) in [5.74, 6) is -0.981. The summed E-state index contributed by atoms with van der Waals surface area (Å²) in [4.78, 5) is 9.25. The lowest BCUT2D eigenvalue weighted by Gasteiger charge is -1.86. The Morgan fingerprint density at radius 2 is 1.57 bits per heavy atom. The molecule has 0 amide bonds. The lowest BCUT2D eigenvalue weighted by molar-refractivity contribution is -0.131. The molecule has 0 heterocycles. The van der Waals surface area contributed by atoms with Gasteiger partial charge in [-0.3, -0.25) is 0 Å². The van der Waals surface area contributed by atoms with Gasteiger partial charge in [0.1, 0.15) is 0 Å². The molecule has 0 aliphatic carbocycles. The van der Waals surface area contributed by atoms with Gasteiger partial charge in [0, 0.05) is 19.3 Å². The minimum absolute atomic E-state index is 0.125. The third-order valence-electron chi connectivity index (χ3n) is 0.683. The number of aliphatic hydroxyl groups excluding tert-OH is 2. The molecule has 5 nitrogen and oxygen atoms in total. The fourth-order valence-electron chi connectivity index (χ4n) is 0.204. The summed E-state index contributed by atoms with van der Waals surface area (Å²) >= 11 is 0. The highest BCUT2D eigenvalue weighted by molar-refractivity contribution is 5.78. The summed E-state index contributed by atoms with van der Waals surface area (Å²) < 4.78 is 4.83. The van der Waals surface area contributed by atoms with E-state index in [2.05, 4.69) is 6.58 Å². The monoisotopic (exact) mass is 208 g/mol. The first-order valence-electron chi connectivity index (χ1n) is 4.25. The number of carboxylic acid groups (broad SMARTS) is 1. The van der Waals surface area contributed by atoms with Gasteiger partial charge in [0.25, 0.3) is 0 Å². The standard InChI is InChI=1S/C4H10O.C3H4O2.C2H6O2/c1-3-5-4-2;1-2-3(4)5;3-1-2-4/h3-4H2,1-2H3;2H,1H2,(H,4,5);3-4H,1-2H2. The van der Waals surface area contributed by atoms with Gasteiger partial charge in [-0.25, -0.2) is 4.79 Å². The summed E-state index contributed by atoms with van der Waals surface area (Å²) in [5.41, 5.74) is 0. The SMILES string of the molecule is C=CC(=O)O.CCOCC.OCCO. The predicted molar refractivity (Wildman–Crippen MR) is 54.2 cm³/mol. The van der Waals surface area contributed by atoms with Crippen LogP contribution in [-0.2, 0) is 9.53 Å². The molecule has 0 aliphatic heterocycles. The lowest BCUT2D eigenvalue weighted by atomic mass is 10.7. The Kier molecular flexibility index (Phi) is 30.5. The lowest BCUT2D eigenvalue weighted by Crippen LogP contribution is -1.85. The smallest absolute Gasteiger partial charge is 0.327 e. The number of carbonyl (C=O) groups is 1. The molecule has 0 aromatic heterocycles. The van der Waals surface area contributed by atoms with Crippen molar-refractivity contribution in [1.82, 2.24) is 0 Å². The van der Waals surface area contributed by atoms with Crippen LogP contribution in [-0.4, -0.2) is 47.7 Å². The second-order valence-electron chi connectivity index (χ2n) is 1.77. The van der Waals surface area contributed by atoms with Gasteiger partial charge in [-0.15, -0.1) is 0 Å². The van der Waals surface area contributed by atoms with Gasteiger partial charge in [-0.1, -0.05) is 6.58 Å². The summed E-state index contributed by atoms with van der Waals surface area (Å²) in [6.07, 6.45) is 0.833. The molecule has 0 aromatic carbocycles. The number of hydrogen-bond donors (Lipinski definition) is 3. The Balaban J connectivity index is -0.000000131. The first kappa shape index (κ1) is 18.8. The number of aliphatic carboxylic acids is 1. The molecule has 86 valence electrons. The number of carboxylic acids is 1. The van der Waals surface area contributed by atoms with Crippen molar-refractivity contribution in [3.8, 4) is 0 Å². The van der Waals surface area contributed by atoms with E-state index >= 15 is 0 Å². The van der Waals surface area contributed by atoms with E-state index < -0.39 is 5.97 Å². The average Bonchev–Trinajstić information content (AvgIpc) is 2.20. The van der Waals surface area contributed by atoms with Crippen LogP contribution in [0.5, 0.6) is 0 Å². The van der Waals surface area contributed by atoms with Crippen molar-refractivity contribution >= 4 is 5.97 Å². The maximum atomic E-state index is 9.25. The zero-order valence-corrected chi connectivity index (χ0v) is 8.77. The largest absolute Gasteiger partial charge is 0.478 e. The van der Waals surface area contributed by atoms with Crippen molar-refractivity contribution < 1.29 is 24.9 Å². The molecule has 0 aromatic rings. The van der Waals surface area contributed by atoms with Crippen molar-refractivity contribution in [2.24, 2.45) is 0 Å². The minimum atomic E-state index is -0.981. The van der Waals surface area contributed by atoms with Crippen LogP contribution < -0.4 is 0 Å². The second-order valence-corrected chi connectivity index (χ2v) is 1.77. The quantitative estimate of drug-likeness (QED) is 0.577. The van der Waals surface area contributed by atoms with Gasteiger partial charge in [0.05, 0.1) is 13.2 Å². The number of rotatable bonds is 4. The predicted octanol–water partition coefficient (Wildman–Crippen LogP) is 0.271. The normalized spacial score (nSPS) is 7.43. The molecule has 3 N–H and O–H groups in total. The van der Waals surface area contributed by atoms with Crippen LogP contribution in [0.1, 0.15) is 13.8 Å². The van der Waals surface area contributed by atoms with E-state index in [-0.39, 0.29) is 13.2 Å². The van der Waals surface area contributed by atoms with E-state index in [0.29, 0.717) is 0 Å². The highest BCUT2D eigenvalue weighted by Gasteiger charge is 1.73. The maximum absolute atomic E-state index is 9.25. The van der Waals surface area contributed by atoms with Gasteiger partial charge in [-0.2, -0.15) is 0 Å². The Bertz CT molecular complexity index is 110. The highest BCUT2D eigenvalue weighted by Crippen LogP contribution is 1.64. The van der Waals surface area contributed by atoms with Gasteiger partial charge in [0.15, 0.2) is 0 Å². The van der Waals surface area contributed by atoms with E-state index in [1.807, 2.05) is 13.8 Å². The van der Waals surface area contributed by atoms with E-state index in [0.717, 1.165) is 19.3 Å². The third kappa shape index (κ3) is 67.5. The molecule has 0 spiro atoms. The molecule has 14 heavy (non-hydrogen) atoms. The maximum Gasteiger partial charge on any atom is 0.327 e. The molecule has 0 rings (SSSR count). The van der Waals surface area contributed by atoms with Crippen molar-refractivity contribution in [2.45, 2.75) is 13.8 Å². The molecule has 0 radical (unpaired) electrons. The molecule has 0 saturated carbocycles. The third-order valence-corrected chi connectivity index (χ3v) is 0.683. The van der Waals surface area contributed by atoms with E-state index in [1.54, 1.807) is 0 Å². The highest BCUT2D eigenvalue weighted by atomic mass is 16.5. The minimum Gasteiger partial charge on any atom is -0.478 e. The van der Waals surface area contributed by atoms with Crippen LogP contribution in [0.2, 0.25) is 0 Å². The second kappa shape index (κ2) is 22.7. The zero-order chi connectivity index (χ0) is 11.8. The Morgan fingerprint density at radius 3 is 1.57 bits per heavy atom. The molecule has 0 atom stereocenters. The Morgan fingerprint density at radius 1 is 1.29 bits per heavy atom. The number of hydrogen-bond acceptors (Lipinski definition) is 4. The average molecular weight is 208 g/mol. The van der Waals surface area contributed by atoms with Crippen LogP contribution in [0.15, 0.2) is 12.7 Å². The fourth-order valence-corrected chi connectivity index (χ4v) is 0.204. The first-order chi connectivity index (χ1) is 6.60. The van der Waals surface area contributed by atoms with Crippen LogP contribution in [0, 0.1) is 0 Å². The first-order valence-corrected chi connectivity index (χ1v) is 4.25. The summed E-state index contributed by atoms with van der Waals surface area (Å²) in [5, 5.41) is 22.9. The molecule has 0 fully saturated rings. The molecule has 5 heteroatoms. The van der Waals surface area contributed by atoms with Crippen LogP contribution in [0.3, 0.4) is 0 Å². The van der Waals surface area contributed by atoms with Gasteiger partial charge < -0.3 is 20.1 Å². The Labute approximate surface area is 84.6 Å². The topological polar surface area (TPSA) is 87.0 Å². The molecule has 0 aliphatic rings. The molecule has 0 unspecified atom stereocenters. The molecular formula is C9H20O5. The van der Waals surface area contributed by atoms with Crippen molar-refractivity contribution in [3.05, 3.63) is 12.7 Å². The van der Waals surface area contributed by atoms with Crippen LogP contribution in [0.25, 0.3) is 0 Å². The van der Waals surface area contributed by atoms with E-state index in [9.17, 15) is 4.79 Å². The van der Waals surface area contributed by atoms with Crippen LogP contribution >= 0.6 is 0 Å². The molecule has 0 saturated heterocycles. The summed E-state index contributed by atoms with van der Waals surface area (Å²) in [6, 6.07) is 0.